The summed E-state index contributed by atoms with van der Waals surface area (Å²) in [4.78, 5) is 23.1. The molecule has 0 heterocycles. The highest BCUT2D eigenvalue weighted by atomic mass is 79.9. The number of hydrogen-bond donors (Lipinski definition) is 3. The van der Waals surface area contributed by atoms with Gasteiger partial charge < -0.3 is 19.7 Å². The number of nitrogens with zero attached hydrogens (tertiary/aromatic N) is 1. The van der Waals surface area contributed by atoms with Gasteiger partial charge in [0.05, 0.1) is 23.4 Å². The van der Waals surface area contributed by atoms with Crippen LogP contribution >= 0.6 is 31.9 Å². The molecule has 0 unspecified atom stereocenters. The van der Waals surface area contributed by atoms with Crippen molar-refractivity contribution < 1.29 is 29.3 Å². The van der Waals surface area contributed by atoms with Crippen molar-refractivity contribution in [2.45, 2.75) is 6.42 Å². The molecule has 2 aromatic rings. The van der Waals surface area contributed by atoms with E-state index in [2.05, 4.69) is 49.0 Å². The van der Waals surface area contributed by atoms with Gasteiger partial charge in [0.15, 0.2) is 18.1 Å². The Morgan fingerprint density at radius 1 is 1.27 bits per heavy atom. The molecule has 0 aromatic heterocycles. The van der Waals surface area contributed by atoms with E-state index in [1.54, 1.807) is 24.3 Å². The molecule has 158 valence electrons. The minimum absolute atomic E-state index is 0.0377. The van der Waals surface area contributed by atoms with Crippen LogP contribution in [0.2, 0.25) is 0 Å². The van der Waals surface area contributed by atoms with Gasteiger partial charge in [-0.25, -0.2) is 10.2 Å². The van der Waals surface area contributed by atoms with Crippen LogP contribution in [0.25, 0.3) is 0 Å². The first-order valence-electron chi connectivity index (χ1n) is 8.44. The van der Waals surface area contributed by atoms with E-state index < -0.39 is 18.5 Å². The average molecular weight is 542 g/mol. The number of allylic oxidation sites excluding steroid dienone is 1. The number of hydrogen-bond acceptors (Lipinski definition) is 6. The van der Waals surface area contributed by atoms with Crippen LogP contribution in [-0.4, -0.2) is 42.0 Å². The Kier molecular flexibility index (Phi) is 8.43. The summed E-state index contributed by atoms with van der Waals surface area (Å²) in [6.07, 6.45) is 3.43. The molecule has 0 spiro atoms. The summed E-state index contributed by atoms with van der Waals surface area (Å²) in [5, 5.41) is 22.8. The number of amides is 1. The number of methoxy groups -OCH3 is 1. The smallest absolute Gasteiger partial charge is 0.341 e. The number of hydrazone groups is 1. The summed E-state index contributed by atoms with van der Waals surface area (Å²) in [7, 11) is 1.43. The molecule has 0 aliphatic carbocycles. The zero-order chi connectivity index (χ0) is 22.3. The molecule has 8 nitrogen and oxygen atoms in total. The second-order valence-electron chi connectivity index (χ2n) is 5.87. The maximum Gasteiger partial charge on any atom is 0.341 e. The third-order valence-electron chi connectivity index (χ3n) is 3.73. The lowest BCUT2D eigenvalue weighted by Crippen LogP contribution is -2.18. The van der Waals surface area contributed by atoms with E-state index in [-0.39, 0.29) is 11.3 Å². The van der Waals surface area contributed by atoms with Crippen molar-refractivity contribution in [2.24, 2.45) is 5.10 Å². The van der Waals surface area contributed by atoms with Crippen molar-refractivity contribution in [3.63, 3.8) is 0 Å². The number of nitrogens with one attached hydrogen (secondary N) is 1. The minimum atomic E-state index is -1.11. The molecule has 0 atom stereocenters. The molecule has 0 bridgehead atoms. The van der Waals surface area contributed by atoms with Crippen molar-refractivity contribution in [3.8, 4) is 17.2 Å². The van der Waals surface area contributed by atoms with Crippen LogP contribution in [0, 0.1) is 0 Å². The predicted molar refractivity (Wildman–Crippen MR) is 119 cm³/mol. The molecule has 0 aliphatic heterocycles. The first-order chi connectivity index (χ1) is 14.3. The summed E-state index contributed by atoms with van der Waals surface area (Å²) < 4.78 is 11.6. The quantitative estimate of drug-likeness (QED) is 0.252. The number of aliphatic carboxylic acids is 1. The fourth-order valence-electron chi connectivity index (χ4n) is 2.48. The van der Waals surface area contributed by atoms with E-state index in [1.165, 1.54) is 19.4 Å². The molecule has 0 saturated heterocycles. The van der Waals surface area contributed by atoms with Gasteiger partial charge in [-0.3, -0.25) is 4.79 Å². The van der Waals surface area contributed by atoms with Gasteiger partial charge in [0.25, 0.3) is 5.91 Å². The summed E-state index contributed by atoms with van der Waals surface area (Å²) >= 11 is 6.43. The maximum atomic E-state index is 12.3. The van der Waals surface area contributed by atoms with Crippen LogP contribution in [0.4, 0.5) is 0 Å². The minimum Gasteiger partial charge on any atom is -0.506 e. The van der Waals surface area contributed by atoms with Gasteiger partial charge in [-0.15, -0.1) is 6.58 Å². The number of benzene rings is 2. The molecule has 3 N–H and O–H groups in total. The number of carboxylic acids is 1. The monoisotopic (exact) mass is 540 g/mol. The number of phenolic OH excluding ortho intramolecular Hbond substituents is 1. The third-order valence-corrected chi connectivity index (χ3v) is 4.79. The first kappa shape index (κ1) is 23.4. The Bertz CT molecular complexity index is 1010. The molecule has 1 amide bonds. The molecular formula is C20H18Br2N2O6. The van der Waals surface area contributed by atoms with Crippen LogP contribution in [-0.2, 0) is 11.2 Å². The molecule has 0 fully saturated rings. The van der Waals surface area contributed by atoms with Gasteiger partial charge >= 0.3 is 5.97 Å². The summed E-state index contributed by atoms with van der Waals surface area (Å²) in [6.45, 7) is 3.17. The molecule has 30 heavy (non-hydrogen) atoms. The number of carboxylic acid groups (broad SMARTS) is 1. The van der Waals surface area contributed by atoms with Gasteiger partial charge in [-0.2, -0.15) is 5.10 Å². The van der Waals surface area contributed by atoms with E-state index >= 15 is 0 Å². The van der Waals surface area contributed by atoms with Gasteiger partial charge in [0.2, 0.25) is 0 Å². The topological polar surface area (TPSA) is 117 Å². The van der Waals surface area contributed by atoms with Gasteiger partial charge in [-0.05, 0) is 52.2 Å². The SMILES string of the molecule is C=CCc1cc(/C=N\NC(=O)c2cc(Br)cc(Br)c2O)cc(OC)c1OCC(=O)O. The van der Waals surface area contributed by atoms with Crippen LogP contribution < -0.4 is 14.9 Å². The highest BCUT2D eigenvalue weighted by Gasteiger charge is 2.15. The lowest BCUT2D eigenvalue weighted by atomic mass is 10.1. The number of carbonyl (C=O) groups excluding carboxylic acids is 1. The molecule has 0 saturated carbocycles. The van der Waals surface area contributed by atoms with Crippen molar-refractivity contribution in [3.05, 3.63) is 62.6 Å². The van der Waals surface area contributed by atoms with E-state index in [0.717, 1.165) is 0 Å². The highest BCUT2D eigenvalue weighted by Crippen LogP contribution is 2.33. The number of rotatable bonds is 9. The van der Waals surface area contributed by atoms with Gasteiger partial charge in [0, 0.05) is 10.0 Å². The van der Waals surface area contributed by atoms with E-state index in [0.29, 0.717) is 38.0 Å². The molecule has 0 radical (unpaired) electrons. The number of ether oxygens (including phenoxy) is 2. The number of carbonyl (C=O) groups is 2. The summed E-state index contributed by atoms with van der Waals surface area (Å²) in [6, 6.07) is 6.37. The Balaban J connectivity index is 2.26. The summed E-state index contributed by atoms with van der Waals surface area (Å²) in [5.74, 6) is -1.31. The second-order valence-corrected chi connectivity index (χ2v) is 7.64. The fraction of sp³-hybridized carbons (Fsp3) is 0.150. The fourth-order valence-corrected chi connectivity index (χ4v) is 3.70. The maximum absolute atomic E-state index is 12.3. The Morgan fingerprint density at radius 2 is 2.00 bits per heavy atom. The van der Waals surface area contributed by atoms with Crippen LogP contribution in [0.15, 0.2) is 51.0 Å². The number of aromatic hydroxyl groups is 1. The third kappa shape index (κ3) is 6.07. The van der Waals surface area contributed by atoms with Crippen LogP contribution in [0.3, 0.4) is 0 Å². The standard InChI is InChI=1S/C20H18Br2N2O6/c1-3-4-12-5-11(6-16(29-2)19(12)30-10-17(25)26)9-23-24-20(28)14-7-13(21)8-15(22)18(14)27/h3,5-9,27H,1,4,10H2,2H3,(H,24,28)(H,25,26)/b23-9-. The molecule has 0 aliphatic rings. The molecule has 2 rings (SSSR count). The lowest BCUT2D eigenvalue weighted by molar-refractivity contribution is -0.139. The van der Waals surface area contributed by atoms with Crippen molar-refractivity contribution in [1.29, 1.82) is 0 Å². The molecule has 10 heteroatoms. The Morgan fingerprint density at radius 3 is 2.63 bits per heavy atom. The van der Waals surface area contributed by atoms with Crippen LogP contribution in [0.1, 0.15) is 21.5 Å². The van der Waals surface area contributed by atoms with Gasteiger partial charge in [-0.1, -0.05) is 22.0 Å². The normalized spacial score (nSPS) is 10.6. The zero-order valence-electron chi connectivity index (χ0n) is 15.8. The number of phenols is 1. The zero-order valence-corrected chi connectivity index (χ0v) is 19.0. The van der Waals surface area contributed by atoms with E-state index in [4.69, 9.17) is 14.6 Å². The van der Waals surface area contributed by atoms with Crippen LogP contribution in [0.5, 0.6) is 17.2 Å². The predicted octanol–water partition coefficient (Wildman–Crippen LogP) is 3.88. The average Bonchev–Trinajstić information content (AvgIpc) is 2.69. The van der Waals surface area contributed by atoms with Crippen molar-refractivity contribution in [2.75, 3.05) is 13.7 Å². The number of halogens is 2. The second kappa shape index (κ2) is 10.8. The lowest BCUT2D eigenvalue weighted by Gasteiger charge is -2.14. The largest absolute Gasteiger partial charge is 0.506 e. The van der Waals surface area contributed by atoms with Crippen molar-refractivity contribution >= 4 is 50.0 Å². The first-order valence-corrected chi connectivity index (χ1v) is 10.0. The van der Waals surface area contributed by atoms with E-state index in [9.17, 15) is 14.7 Å². The molecular weight excluding hydrogens is 524 g/mol. The Labute approximate surface area is 189 Å². The van der Waals surface area contributed by atoms with Crippen molar-refractivity contribution in [1.82, 2.24) is 5.43 Å². The van der Waals surface area contributed by atoms with E-state index in [1.807, 2.05) is 0 Å². The Hall–Kier alpha value is -2.85. The van der Waals surface area contributed by atoms with Gasteiger partial charge in [0.1, 0.15) is 5.75 Å². The summed E-state index contributed by atoms with van der Waals surface area (Å²) in [5.41, 5.74) is 3.60. The molecule has 2 aromatic carbocycles. The highest BCUT2D eigenvalue weighted by molar-refractivity contribution is 9.11.